The first-order valence-corrected chi connectivity index (χ1v) is 9.54. The maximum absolute atomic E-state index is 13.5. The Balaban J connectivity index is 1.55. The highest BCUT2D eigenvalue weighted by Gasteiger charge is 2.41. The molecule has 0 radical (unpaired) electrons. The van der Waals surface area contributed by atoms with Crippen molar-refractivity contribution in [2.45, 2.75) is 25.7 Å². The van der Waals surface area contributed by atoms with Gasteiger partial charge in [-0.3, -0.25) is 14.4 Å². The van der Waals surface area contributed by atoms with Gasteiger partial charge in [-0.25, -0.2) is 4.39 Å². The second-order valence-electron chi connectivity index (χ2n) is 7.64. The Morgan fingerprint density at radius 1 is 1.23 bits per heavy atom. The molecule has 158 valence electrons. The third kappa shape index (κ3) is 4.03. The van der Waals surface area contributed by atoms with Gasteiger partial charge in [0.05, 0.1) is 37.3 Å². The fraction of sp³-hybridized carbons (Fsp3) is 0.450. The number of carbonyl (C=O) groups excluding carboxylic acids is 1. The van der Waals surface area contributed by atoms with Crippen molar-refractivity contribution < 1.29 is 22.4 Å². The number of benzene rings is 1. The number of likely N-dealkylation sites (tertiary alicyclic amines) is 1. The third-order valence-corrected chi connectivity index (χ3v) is 5.50. The van der Waals surface area contributed by atoms with Crippen LogP contribution in [0.4, 0.5) is 17.6 Å². The molecule has 0 saturated carbocycles. The van der Waals surface area contributed by atoms with E-state index in [1.54, 1.807) is 0 Å². The standard InChI is InChI=1S/C20H19F4N5O/c21-15-3-1-13(2-4-15)10-29-17-11-28(18(30)12-27-8-14(7-25)9-27)6-5-16(17)19(26-29)20(22,23)24/h1-4,14H,5-6,8-12H2. The molecule has 30 heavy (non-hydrogen) atoms. The lowest BCUT2D eigenvalue weighted by Gasteiger charge is -2.37. The van der Waals surface area contributed by atoms with E-state index in [1.165, 1.54) is 33.8 Å². The maximum atomic E-state index is 13.5. The molecule has 4 rings (SSSR count). The van der Waals surface area contributed by atoms with E-state index in [4.69, 9.17) is 5.26 Å². The topological polar surface area (TPSA) is 65.2 Å². The first kappa shape index (κ1) is 20.3. The zero-order chi connectivity index (χ0) is 21.5. The van der Waals surface area contributed by atoms with Crippen LogP contribution >= 0.6 is 0 Å². The number of aromatic nitrogens is 2. The number of hydrogen-bond acceptors (Lipinski definition) is 4. The number of nitrogens with zero attached hydrogens (tertiary/aromatic N) is 5. The highest BCUT2D eigenvalue weighted by molar-refractivity contribution is 5.78. The fourth-order valence-corrected chi connectivity index (χ4v) is 3.89. The van der Waals surface area contributed by atoms with E-state index in [1.807, 2.05) is 4.90 Å². The summed E-state index contributed by atoms with van der Waals surface area (Å²) in [4.78, 5) is 16.0. The Hall–Kier alpha value is -2.93. The number of fused-ring (bicyclic) bond motifs is 1. The SMILES string of the molecule is N#CC1CN(CC(=O)N2CCc3c(C(F)(F)F)nn(Cc4ccc(F)cc4)c3C2)C1. The lowest BCUT2D eigenvalue weighted by molar-refractivity contribution is -0.142. The molecule has 1 amide bonds. The number of hydrogen-bond donors (Lipinski definition) is 0. The zero-order valence-electron chi connectivity index (χ0n) is 16.0. The predicted octanol–water partition coefficient (Wildman–Crippen LogP) is 2.43. The summed E-state index contributed by atoms with van der Waals surface area (Å²) in [5.41, 5.74) is 0.153. The Bertz CT molecular complexity index is 986. The van der Waals surface area contributed by atoms with E-state index in [-0.39, 0.29) is 50.0 Å². The smallest absolute Gasteiger partial charge is 0.335 e. The molecule has 0 atom stereocenters. The van der Waals surface area contributed by atoms with Crippen LogP contribution in [-0.4, -0.2) is 51.7 Å². The number of carbonyl (C=O) groups is 1. The molecule has 0 unspecified atom stereocenters. The molecular weight excluding hydrogens is 402 g/mol. The molecule has 3 heterocycles. The van der Waals surface area contributed by atoms with Crippen molar-refractivity contribution in [1.82, 2.24) is 19.6 Å². The molecule has 1 fully saturated rings. The molecule has 1 aromatic carbocycles. The van der Waals surface area contributed by atoms with Crippen molar-refractivity contribution in [2.24, 2.45) is 5.92 Å². The molecule has 6 nitrogen and oxygen atoms in total. The minimum Gasteiger partial charge on any atom is -0.335 e. The molecular formula is C20H19F4N5O. The van der Waals surface area contributed by atoms with Crippen molar-refractivity contribution in [2.75, 3.05) is 26.2 Å². The normalized spacial score (nSPS) is 17.4. The number of nitriles is 1. The predicted molar refractivity (Wildman–Crippen MR) is 97.4 cm³/mol. The van der Waals surface area contributed by atoms with Crippen molar-refractivity contribution >= 4 is 5.91 Å². The molecule has 2 aliphatic rings. The molecule has 0 N–H and O–H groups in total. The van der Waals surface area contributed by atoms with Crippen LogP contribution in [0.3, 0.4) is 0 Å². The van der Waals surface area contributed by atoms with Gasteiger partial charge < -0.3 is 4.90 Å². The van der Waals surface area contributed by atoms with E-state index in [0.717, 1.165) is 0 Å². The molecule has 2 aliphatic heterocycles. The van der Waals surface area contributed by atoms with Crippen LogP contribution in [0.1, 0.15) is 22.5 Å². The van der Waals surface area contributed by atoms with Gasteiger partial charge in [-0.05, 0) is 24.1 Å². The van der Waals surface area contributed by atoms with Gasteiger partial charge in [-0.15, -0.1) is 0 Å². The molecule has 10 heteroatoms. The van der Waals surface area contributed by atoms with Crippen LogP contribution in [-0.2, 0) is 30.5 Å². The largest absolute Gasteiger partial charge is 0.435 e. The average Bonchev–Trinajstić information content (AvgIpc) is 3.04. The Labute approximate surface area is 170 Å². The minimum atomic E-state index is -4.59. The van der Waals surface area contributed by atoms with Crippen LogP contribution in [0.5, 0.6) is 0 Å². The van der Waals surface area contributed by atoms with Crippen LogP contribution in [0.15, 0.2) is 24.3 Å². The molecule has 1 saturated heterocycles. The van der Waals surface area contributed by atoms with Crippen LogP contribution in [0.25, 0.3) is 0 Å². The van der Waals surface area contributed by atoms with Gasteiger partial charge in [0.1, 0.15) is 5.82 Å². The summed E-state index contributed by atoms with van der Waals surface area (Å²) in [5, 5.41) is 12.6. The second-order valence-corrected chi connectivity index (χ2v) is 7.64. The van der Waals surface area contributed by atoms with Crippen LogP contribution in [0, 0.1) is 23.1 Å². The molecule has 0 bridgehead atoms. The van der Waals surface area contributed by atoms with Gasteiger partial charge in [-0.1, -0.05) is 12.1 Å². The highest BCUT2D eigenvalue weighted by atomic mass is 19.4. The first-order chi connectivity index (χ1) is 14.2. The van der Waals surface area contributed by atoms with E-state index in [0.29, 0.717) is 24.3 Å². The quantitative estimate of drug-likeness (QED) is 0.712. The number of halogens is 4. The Kier molecular flexibility index (Phi) is 5.24. The van der Waals surface area contributed by atoms with Crippen LogP contribution in [0.2, 0.25) is 0 Å². The first-order valence-electron chi connectivity index (χ1n) is 9.54. The van der Waals surface area contributed by atoms with Gasteiger partial charge in [0.15, 0.2) is 5.69 Å². The Morgan fingerprint density at radius 3 is 2.57 bits per heavy atom. The van der Waals surface area contributed by atoms with Crippen LogP contribution < -0.4 is 0 Å². The van der Waals surface area contributed by atoms with Gasteiger partial charge in [-0.2, -0.15) is 23.5 Å². The van der Waals surface area contributed by atoms with Gasteiger partial charge in [0.25, 0.3) is 0 Å². The summed E-state index contributed by atoms with van der Waals surface area (Å²) >= 11 is 0. The van der Waals surface area contributed by atoms with Gasteiger partial charge in [0.2, 0.25) is 5.91 Å². The Morgan fingerprint density at radius 2 is 1.93 bits per heavy atom. The molecule has 0 aliphatic carbocycles. The molecule has 2 aromatic rings. The third-order valence-electron chi connectivity index (χ3n) is 5.50. The fourth-order valence-electron chi connectivity index (χ4n) is 3.89. The van der Waals surface area contributed by atoms with E-state index < -0.39 is 17.7 Å². The number of alkyl halides is 3. The second kappa shape index (κ2) is 7.72. The summed E-state index contributed by atoms with van der Waals surface area (Å²) in [6, 6.07) is 7.62. The maximum Gasteiger partial charge on any atom is 0.435 e. The van der Waals surface area contributed by atoms with Gasteiger partial charge >= 0.3 is 6.18 Å². The van der Waals surface area contributed by atoms with Gasteiger partial charge in [0, 0.05) is 25.2 Å². The van der Waals surface area contributed by atoms with E-state index in [9.17, 15) is 22.4 Å². The average molecular weight is 421 g/mol. The summed E-state index contributed by atoms with van der Waals surface area (Å²) < 4.78 is 54.9. The summed E-state index contributed by atoms with van der Waals surface area (Å²) in [6.45, 7) is 1.48. The lowest BCUT2D eigenvalue weighted by Crippen LogP contribution is -2.51. The van der Waals surface area contributed by atoms with Crippen molar-refractivity contribution in [3.05, 3.63) is 52.6 Å². The summed E-state index contributed by atoms with van der Waals surface area (Å²) in [6.07, 6.45) is -4.52. The lowest BCUT2D eigenvalue weighted by atomic mass is 10.0. The van der Waals surface area contributed by atoms with E-state index in [2.05, 4.69) is 11.2 Å². The van der Waals surface area contributed by atoms with E-state index >= 15 is 0 Å². The number of rotatable bonds is 4. The molecule has 1 aromatic heterocycles. The minimum absolute atomic E-state index is 0.0357. The summed E-state index contributed by atoms with van der Waals surface area (Å²) in [5.74, 6) is -0.684. The van der Waals surface area contributed by atoms with Crippen molar-refractivity contribution in [1.29, 1.82) is 5.26 Å². The van der Waals surface area contributed by atoms with Crippen molar-refractivity contribution in [3.8, 4) is 6.07 Å². The summed E-state index contributed by atoms with van der Waals surface area (Å²) in [7, 11) is 0. The highest BCUT2D eigenvalue weighted by Crippen LogP contribution is 2.35. The zero-order valence-corrected chi connectivity index (χ0v) is 16.0. The van der Waals surface area contributed by atoms with Crippen molar-refractivity contribution in [3.63, 3.8) is 0 Å². The monoisotopic (exact) mass is 421 g/mol. The molecule has 0 spiro atoms. The number of amides is 1.